The molecule has 4 nitrogen and oxygen atoms in total. The molecule has 0 amide bonds. The predicted molar refractivity (Wildman–Crippen MR) is 80.6 cm³/mol. The fourth-order valence-electron chi connectivity index (χ4n) is 2.47. The van der Waals surface area contributed by atoms with Gasteiger partial charge in [-0.05, 0) is 37.6 Å². The minimum atomic E-state index is -0.297. The smallest absolute Gasteiger partial charge is 0.231 e. The van der Waals surface area contributed by atoms with E-state index < -0.39 is 0 Å². The van der Waals surface area contributed by atoms with E-state index in [1.54, 1.807) is 6.07 Å². The van der Waals surface area contributed by atoms with Gasteiger partial charge in [-0.25, -0.2) is 4.39 Å². The van der Waals surface area contributed by atoms with E-state index in [9.17, 15) is 4.39 Å². The number of likely N-dealkylation sites (N-methyl/N-ethyl adjacent to an activating group) is 1. The molecule has 0 aliphatic heterocycles. The Morgan fingerprint density at radius 2 is 2.10 bits per heavy atom. The van der Waals surface area contributed by atoms with E-state index in [0.717, 1.165) is 18.5 Å². The van der Waals surface area contributed by atoms with Gasteiger partial charge in [0, 0.05) is 11.6 Å². The van der Waals surface area contributed by atoms with Gasteiger partial charge in [-0.2, -0.15) is 4.98 Å². The molecule has 0 spiro atoms. The van der Waals surface area contributed by atoms with Crippen LogP contribution in [0.5, 0.6) is 0 Å². The highest BCUT2D eigenvalue weighted by Gasteiger charge is 2.23. The summed E-state index contributed by atoms with van der Waals surface area (Å²) in [5, 5.41) is 7.42. The summed E-state index contributed by atoms with van der Waals surface area (Å²) in [7, 11) is 0. The van der Waals surface area contributed by atoms with E-state index in [-0.39, 0.29) is 17.8 Å². The molecular formula is C16H22FN3O. The third kappa shape index (κ3) is 3.47. The summed E-state index contributed by atoms with van der Waals surface area (Å²) in [6, 6.07) is 4.88. The van der Waals surface area contributed by atoms with E-state index in [0.29, 0.717) is 17.3 Å². The Kier molecular flexibility index (Phi) is 5.07. The maximum absolute atomic E-state index is 13.4. The number of aromatic nitrogens is 2. The Morgan fingerprint density at radius 3 is 2.76 bits per heavy atom. The van der Waals surface area contributed by atoms with Crippen LogP contribution in [0.4, 0.5) is 4.39 Å². The Hall–Kier alpha value is -1.75. The summed E-state index contributed by atoms with van der Waals surface area (Å²) in [6.45, 7) is 9.06. The van der Waals surface area contributed by atoms with Crippen molar-refractivity contribution in [3.05, 3.63) is 35.5 Å². The van der Waals surface area contributed by atoms with Gasteiger partial charge < -0.3 is 9.84 Å². The molecule has 0 saturated carbocycles. The fraction of sp³-hybridized carbons (Fsp3) is 0.500. The lowest BCUT2D eigenvalue weighted by Crippen LogP contribution is -2.33. The molecule has 5 heteroatoms. The van der Waals surface area contributed by atoms with Crippen molar-refractivity contribution >= 4 is 0 Å². The van der Waals surface area contributed by atoms with Crippen LogP contribution in [0.2, 0.25) is 0 Å². The third-order valence-electron chi connectivity index (χ3n) is 3.78. The first-order valence-corrected chi connectivity index (χ1v) is 7.40. The summed E-state index contributed by atoms with van der Waals surface area (Å²) in [4.78, 5) is 4.45. The lowest BCUT2D eigenvalue weighted by Gasteiger charge is -2.20. The van der Waals surface area contributed by atoms with Gasteiger partial charge in [0.25, 0.3) is 0 Å². The summed E-state index contributed by atoms with van der Waals surface area (Å²) >= 11 is 0. The van der Waals surface area contributed by atoms with Gasteiger partial charge in [0.15, 0.2) is 0 Å². The molecule has 0 fully saturated rings. The number of aryl methyl sites for hydroxylation is 1. The SMILES string of the molecule is CCNC(CC)C(C)c1nc(-c2cc(F)ccc2C)no1. The minimum absolute atomic E-state index is 0.116. The molecule has 2 unspecified atom stereocenters. The van der Waals surface area contributed by atoms with E-state index >= 15 is 0 Å². The van der Waals surface area contributed by atoms with Gasteiger partial charge in [-0.1, -0.05) is 32.0 Å². The maximum atomic E-state index is 13.4. The van der Waals surface area contributed by atoms with Crippen molar-refractivity contribution in [2.45, 2.75) is 46.1 Å². The van der Waals surface area contributed by atoms with Crippen molar-refractivity contribution < 1.29 is 8.91 Å². The molecule has 2 aromatic rings. The molecule has 0 aliphatic rings. The zero-order chi connectivity index (χ0) is 15.4. The molecule has 1 aromatic heterocycles. The van der Waals surface area contributed by atoms with Crippen LogP contribution in [-0.4, -0.2) is 22.7 Å². The number of benzene rings is 1. The van der Waals surface area contributed by atoms with Crippen molar-refractivity contribution in [3.8, 4) is 11.4 Å². The van der Waals surface area contributed by atoms with Gasteiger partial charge in [-0.3, -0.25) is 0 Å². The van der Waals surface area contributed by atoms with Crippen LogP contribution in [0.25, 0.3) is 11.4 Å². The minimum Gasteiger partial charge on any atom is -0.339 e. The van der Waals surface area contributed by atoms with Crippen molar-refractivity contribution in [1.82, 2.24) is 15.5 Å². The Bertz CT molecular complexity index is 597. The maximum Gasteiger partial charge on any atom is 0.231 e. The van der Waals surface area contributed by atoms with Gasteiger partial charge in [0.05, 0.1) is 5.92 Å². The predicted octanol–water partition coefficient (Wildman–Crippen LogP) is 3.68. The fourth-order valence-corrected chi connectivity index (χ4v) is 2.47. The van der Waals surface area contributed by atoms with Crippen LogP contribution in [0.15, 0.2) is 22.7 Å². The van der Waals surface area contributed by atoms with E-state index in [1.165, 1.54) is 12.1 Å². The zero-order valence-electron chi connectivity index (χ0n) is 13.0. The first-order valence-electron chi connectivity index (χ1n) is 7.40. The molecule has 114 valence electrons. The molecule has 1 N–H and O–H groups in total. The van der Waals surface area contributed by atoms with Crippen LogP contribution in [0.3, 0.4) is 0 Å². The normalized spacial score (nSPS) is 14.1. The Labute approximate surface area is 124 Å². The number of hydrogen-bond donors (Lipinski definition) is 1. The Balaban J connectivity index is 2.27. The molecule has 0 aliphatic carbocycles. The number of nitrogens with one attached hydrogen (secondary N) is 1. The molecule has 2 atom stereocenters. The van der Waals surface area contributed by atoms with Crippen LogP contribution >= 0.6 is 0 Å². The van der Waals surface area contributed by atoms with Crippen LogP contribution < -0.4 is 5.32 Å². The lowest BCUT2D eigenvalue weighted by molar-refractivity contribution is 0.321. The number of nitrogens with zero attached hydrogens (tertiary/aromatic N) is 2. The van der Waals surface area contributed by atoms with Crippen molar-refractivity contribution in [2.75, 3.05) is 6.54 Å². The van der Waals surface area contributed by atoms with E-state index in [4.69, 9.17) is 4.52 Å². The molecule has 0 radical (unpaired) electrons. The first-order chi connectivity index (χ1) is 10.1. The molecule has 21 heavy (non-hydrogen) atoms. The highest BCUT2D eigenvalue weighted by molar-refractivity contribution is 5.59. The summed E-state index contributed by atoms with van der Waals surface area (Å²) < 4.78 is 18.8. The van der Waals surface area contributed by atoms with E-state index in [1.807, 2.05) is 6.92 Å². The summed E-state index contributed by atoms with van der Waals surface area (Å²) in [5.41, 5.74) is 1.60. The van der Waals surface area contributed by atoms with Crippen molar-refractivity contribution in [3.63, 3.8) is 0 Å². The highest BCUT2D eigenvalue weighted by Crippen LogP contribution is 2.25. The molecule has 2 rings (SSSR count). The topological polar surface area (TPSA) is 51.0 Å². The lowest BCUT2D eigenvalue weighted by atomic mass is 9.99. The second kappa shape index (κ2) is 6.80. The monoisotopic (exact) mass is 291 g/mol. The zero-order valence-corrected chi connectivity index (χ0v) is 13.0. The molecular weight excluding hydrogens is 269 g/mol. The van der Waals surface area contributed by atoms with Gasteiger partial charge >= 0.3 is 0 Å². The second-order valence-corrected chi connectivity index (χ2v) is 5.28. The first kappa shape index (κ1) is 15.6. The van der Waals surface area contributed by atoms with Crippen LogP contribution in [0, 0.1) is 12.7 Å². The Morgan fingerprint density at radius 1 is 1.33 bits per heavy atom. The summed E-state index contributed by atoms with van der Waals surface area (Å²) in [5.74, 6) is 0.848. The quantitative estimate of drug-likeness (QED) is 0.882. The average molecular weight is 291 g/mol. The van der Waals surface area contributed by atoms with Crippen LogP contribution in [-0.2, 0) is 0 Å². The van der Waals surface area contributed by atoms with Crippen LogP contribution in [0.1, 0.15) is 44.6 Å². The van der Waals surface area contributed by atoms with Gasteiger partial charge in [0.2, 0.25) is 11.7 Å². The largest absolute Gasteiger partial charge is 0.339 e. The molecule has 1 heterocycles. The van der Waals surface area contributed by atoms with Gasteiger partial charge in [0.1, 0.15) is 5.82 Å². The third-order valence-corrected chi connectivity index (χ3v) is 3.78. The molecule has 0 saturated heterocycles. The molecule has 0 bridgehead atoms. The van der Waals surface area contributed by atoms with Crippen molar-refractivity contribution in [1.29, 1.82) is 0 Å². The number of hydrogen-bond acceptors (Lipinski definition) is 4. The van der Waals surface area contributed by atoms with E-state index in [2.05, 4.69) is 36.2 Å². The molecule has 1 aromatic carbocycles. The summed E-state index contributed by atoms with van der Waals surface area (Å²) in [6.07, 6.45) is 0.978. The highest BCUT2D eigenvalue weighted by atomic mass is 19.1. The average Bonchev–Trinajstić information content (AvgIpc) is 2.96. The standard InChI is InChI=1S/C16H22FN3O/c1-5-14(18-6-2)11(4)16-19-15(20-21-16)13-9-12(17)8-7-10(13)3/h7-9,11,14,18H,5-6H2,1-4H3. The number of rotatable bonds is 6. The van der Waals surface area contributed by atoms with Crippen molar-refractivity contribution in [2.24, 2.45) is 0 Å². The number of halogens is 1. The van der Waals surface area contributed by atoms with Gasteiger partial charge in [-0.15, -0.1) is 0 Å². The second-order valence-electron chi connectivity index (χ2n) is 5.28.